The number of nitrogens with zero attached hydrogens (tertiary/aromatic N) is 1. The Hall–Kier alpha value is -1.96. The van der Waals surface area contributed by atoms with Crippen LogP contribution in [-0.4, -0.2) is 34.1 Å². The molecule has 4 nitrogen and oxygen atoms in total. The monoisotopic (exact) mass is 500 g/mol. The Morgan fingerprint density at radius 3 is 2.87 bits per heavy atom. The molecule has 2 aliphatic heterocycles. The predicted molar refractivity (Wildman–Crippen MR) is 133 cm³/mol. The van der Waals surface area contributed by atoms with Gasteiger partial charge in [0.05, 0.1) is 5.69 Å². The van der Waals surface area contributed by atoms with E-state index in [1.54, 1.807) is 6.07 Å². The van der Waals surface area contributed by atoms with Crippen LogP contribution in [0.2, 0.25) is 0 Å². The number of anilines is 2. The highest BCUT2D eigenvalue weighted by Crippen LogP contribution is 2.39. The third-order valence-electron chi connectivity index (χ3n) is 6.66. The molecule has 2 atom stereocenters. The van der Waals surface area contributed by atoms with Crippen molar-refractivity contribution in [3.05, 3.63) is 58.4 Å². The normalized spacial score (nSPS) is 21.6. The van der Waals surface area contributed by atoms with E-state index in [-0.39, 0.29) is 5.82 Å². The minimum Gasteiger partial charge on any atom is -0.361 e. The molecule has 0 saturated carbocycles. The lowest BCUT2D eigenvalue weighted by Gasteiger charge is -2.42. The summed E-state index contributed by atoms with van der Waals surface area (Å²) in [5.74, 6) is 0.310. The van der Waals surface area contributed by atoms with Gasteiger partial charge in [-0.15, -0.1) is 0 Å². The molecule has 0 bridgehead atoms. The Labute approximate surface area is 195 Å². The molecule has 0 radical (unpaired) electrons. The Morgan fingerprint density at radius 2 is 2.00 bits per heavy atom. The molecule has 0 aliphatic carbocycles. The van der Waals surface area contributed by atoms with Gasteiger partial charge in [0.2, 0.25) is 0 Å². The molecular formula is C24H26BrFN4S. The summed E-state index contributed by atoms with van der Waals surface area (Å²) in [5.41, 5.74) is 4.25. The fraction of sp³-hybridized carbons (Fsp3) is 0.375. The smallest absolute Gasteiger partial charge is 0.175 e. The third-order valence-corrected chi connectivity index (χ3v) is 7.52. The summed E-state index contributed by atoms with van der Waals surface area (Å²) in [6, 6.07) is 11.5. The first-order valence-corrected chi connectivity index (χ1v) is 12.1. The first-order valence-electron chi connectivity index (χ1n) is 10.9. The summed E-state index contributed by atoms with van der Waals surface area (Å²) in [4.78, 5) is 6.15. The maximum absolute atomic E-state index is 13.3. The second-order valence-corrected chi connectivity index (χ2v) is 9.88. The Bertz CT molecular complexity index is 1110. The maximum Gasteiger partial charge on any atom is 0.175 e. The fourth-order valence-electron chi connectivity index (χ4n) is 5.10. The predicted octanol–water partition coefficient (Wildman–Crippen LogP) is 6.61. The Morgan fingerprint density at radius 1 is 1.10 bits per heavy atom. The number of hydrogen-bond acceptors (Lipinski definition) is 2. The summed E-state index contributed by atoms with van der Waals surface area (Å²) < 4.78 is 14.0. The zero-order valence-corrected chi connectivity index (χ0v) is 19.7. The lowest BCUT2D eigenvalue weighted by molar-refractivity contribution is 0.0977. The maximum atomic E-state index is 13.3. The van der Waals surface area contributed by atoms with Gasteiger partial charge < -0.3 is 20.5 Å². The average Bonchev–Trinajstić information content (AvgIpc) is 3.18. The van der Waals surface area contributed by atoms with Crippen molar-refractivity contribution in [1.29, 1.82) is 0 Å². The van der Waals surface area contributed by atoms with Crippen molar-refractivity contribution in [3.8, 4) is 0 Å². The number of aromatic amines is 1. The quantitative estimate of drug-likeness (QED) is 0.354. The zero-order chi connectivity index (χ0) is 21.4. The van der Waals surface area contributed by atoms with Crippen molar-refractivity contribution in [2.45, 2.75) is 44.1 Å². The molecule has 2 aliphatic rings. The molecular weight excluding hydrogens is 475 g/mol. The molecule has 7 heteroatoms. The van der Waals surface area contributed by atoms with Crippen molar-refractivity contribution < 1.29 is 4.39 Å². The van der Waals surface area contributed by atoms with Crippen LogP contribution >= 0.6 is 28.1 Å². The topological polar surface area (TPSA) is 43.1 Å². The van der Waals surface area contributed by atoms with E-state index in [2.05, 4.69) is 54.8 Å². The van der Waals surface area contributed by atoms with E-state index in [0.717, 1.165) is 22.9 Å². The van der Waals surface area contributed by atoms with Gasteiger partial charge in [-0.3, -0.25) is 0 Å². The van der Waals surface area contributed by atoms with Gasteiger partial charge >= 0.3 is 0 Å². The molecule has 1 aromatic heterocycles. The van der Waals surface area contributed by atoms with E-state index >= 15 is 0 Å². The van der Waals surface area contributed by atoms with Crippen LogP contribution in [0.5, 0.6) is 0 Å². The number of hydrogen-bond donors (Lipinski definition) is 3. The molecule has 0 amide bonds. The van der Waals surface area contributed by atoms with Crippen LogP contribution in [0, 0.1) is 5.82 Å². The van der Waals surface area contributed by atoms with Gasteiger partial charge in [-0.05, 0) is 115 Å². The summed E-state index contributed by atoms with van der Waals surface area (Å²) in [7, 11) is 0. The summed E-state index contributed by atoms with van der Waals surface area (Å²) in [6.45, 7) is 2.48. The second-order valence-electron chi connectivity index (χ2n) is 8.61. The van der Waals surface area contributed by atoms with Gasteiger partial charge in [-0.2, -0.15) is 0 Å². The second kappa shape index (κ2) is 8.88. The Balaban J connectivity index is 1.32. The molecule has 2 unspecified atom stereocenters. The van der Waals surface area contributed by atoms with Crippen molar-refractivity contribution in [2.75, 3.05) is 23.7 Å². The number of rotatable bonds is 3. The van der Waals surface area contributed by atoms with Gasteiger partial charge in [0.25, 0.3) is 0 Å². The standard InChI is InChI=1S/C24H26BrFN4S/c25-21-12-16(26)4-6-23(21)29-24(31)28-17-5-7-22-19(13-17)20(14-27-22)15-8-10-30-9-2-1-3-18(30)11-15/h4-7,12-15,18,27H,1-3,8-11H2,(H2,28,29,31). The third kappa shape index (κ3) is 4.49. The van der Waals surface area contributed by atoms with Crippen molar-refractivity contribution in [1.82, 2.24) is 9.88 Å². The van der Waals surface area contributed by atoms with Crippen LogP contribution in [-0.2, 0) is 0 Å². The van der Waals surface area contributed by atoms with E-state index in [9.17, 15) is 4.39 Å². The summed E-state index contributed by atoms with van der Waals surface area (Å²) >= 11 is 8.85. The van der Waals surface area contributed by atoms with Crippen LogP contribution < -0.4 is 10.6 Å². The lowest BCUT2D eigenvalue weighted by Crippen LogP contribution is -2.44. The fourth-order valence-corrected chi connectivity index (χ4v) is 5.78. The number of aromatic nitrogens is 1. The van der Waals surface area contributed by atoms with E-state index in [4.69, 9.17) is 12.2 Å². The largest absolute Gasteiger partial charge is 0.361 e. The van der Waals surface area contributed by atoms with Crippen LogP contribution in [0.15, 0.2) is 47.1 Å². The molecule has 3 heterocycles. The molecule has 5 rings (SSSR count). The Kier molecular flexibility index (Phi) is 5.99. The van der Waals surface area contributed by atoms with E-state index in [1.807, 2.05) is 6.07 Å². The first kappa shape index (κ1) is 20.9. The molecule has 162 valence electrons. The van der Waals surface area contributed by atoms with Gasteiger partial charge in [-0.1, -0.05) is 6.42 Å². The first-order chi connectivity index (χ1) is 15.1. The van der Waals surface area contributed by atoms with Crippen molar-refractivity contribution in [2.24, 2.45) is 0 Å². The van der Waals surface area contributed by atoms with E-state index < -0.39 is 0 Å². The van der Waals surface area contributed by atoms with E-state index in [0.29, 0.717) is 15.5 Å². The molecule has 3 N–H and O–H groups in total. The number of H-pyrrole nitrogens is 1. The van der Waals surface area contributed by atoms with Crippen molar-refractivity contribution in [3.63, 3.8) is 0 Å². The number of nitrogens with one attached hydrogen (secondary N) is 3. The number of fused-ring (bicyclic) bond motifs is 2. The van der Waals surface area contributed by atoms with Gasteiger partial charge in [0.15, 0.2) is 5.11 Å². The van der Waals surface area contributed by atoms with Crippen LogP contribution in [0.1, 0.15) is 43.6 Å². The molecule has 2 saturated heterocycles. The lowest BCUT2D eigenvalue weighted by atomic mass is 9.82. The zero-order valence-electron chi connectivity index (χ0n) is 17.3. The number of piperidine rings is 2. The molecule has 31 heavy (non-hydrogen) atoms. The number of thiocarbonyl (C=S) groups is 1. The number of benzene rings is 2. The highest BCUT2D eigenvalue weighted by molar-refractivity contribution is 9.10. The highest BCUT2D eigenvalue weighted by Gasteiger charge is 2.31. The van der Waals surface area contributed by atoms with Crippen LogP contribution in [0.4, 0.5) is 15.8 Å². The van der Waals surface area contributed by atoms with Crippen molar-refractivity contribution >= 4 is 55.5 Å². The molecule has 2 aromatic carbocycles. The summed E-state index contributed by atoms with van der Waals surface area (Å²) in [5, 5.41) is 8.14. The van der Waals surface area contributed by atoms with E-state index in [1.165, 1.54) is 68.3 Å². The van der Waals surface area contributed by atoms with Gasteiger partial charge in [0.1, 0.15) is 5.82 Å². The highest BCUT2D eigenvalue weighted by atomic mass is 79.9. The van der Waals surface area contributed by atoms with Gasteiger partial charge in [-0.25, -0.2) is 4.39 Å². The summed E-state index contributed by atoms with van der Waals surface area (Å²) in [6.07, 6.45) is 8.73. The van der Waals surface area contributed by atoms with Crippen LogP contribution in [0.3, 0.4) is 0 Å². The SMILES string of the molecule is Fc1ccc(NC(=S)Nc2ccc3[nH]cc(C4CCN5CCCCC5C4)c3c2)c(Br)c1. The molecule has 3 aromatic rings. The minimum atomic E-state index is -0.291. The number of halogens is 2. The van der Waals surface area contributed by atoms with Gasteiger partial charge in [0, 0.05) is 33.3 Å². The minimum absolute atomic E-state index is 0.291. The average molecular weight is 501 g/mol. The molecule has 2 fully saturated rings. The molecule has 0 spiro atoms. The van der Waals surface area contributed by atoms with Crippen LogP contribution in [0.25, 0.3) is 10.9 Å².